The molecule has 6 heteroatoms. The van der Waals surface area contributed by atoms with E-state index in [9.17, 15) is 4.79 Å². The first-order chi connectivity index (χ1) is 13.1. The molecule has 1 amide bonds. The summed E-state index contributed by atoms with van der Waals surface area (Å²) in [5.74, 6) is 1.09. The van der Waals surface area contributed by atoms with Crippen LogP contribution in [0.2, 0.25) is 0 Å². The third-order valence-electron chi connectivity index (χ3n) is 5.70. The summed E-state index contributed by atoms with van der Waals surface area (Å²) < 4.78 is 1.94. The van der Waals surface area contributed by atoms with Gasteiger partial charge in [0.2, 0.25) is 5.91 Å². The van der Waals surface area contributed by atoms with Gasteiger partial charge in [0.1, 0.15) is 0 Å². The van der Waals surface area contributed by atoms with Crippen LogP contribution in [0.3, 0.4) is 0 Å². The fourth-order valence-corrected chi connectivity index (χ4v) is 3.85. The number of likely N-dealkylation sites (tertiary alicyclic amines) is 1. The van der Waals surface area contributed by atoms with Gasteiger partial charge in [0, 0.05) is 63.3 Å². The van der Waals surface area contributed by atoms with Gasteiger partial charge >= 0.3 is 0 Å². The van der Waals surface area contributed by atoms with Gasteiger partial charge in [-0.1, -0.05) is 0 Å². The third kappa shape index (κ3) is 4.56. The summed E-state index contributed by atoms with van der Waals surface area (Å²) in [4.78, 5) is 21.2. The topological polar surface area (TPSA) is 54.3 Å². The molecule has 2 fully saturated rings. The lowest BCUT2D eigenvalue weighted by atomic mass is 10.0. The van der Waals surface area contributed by atoms with Crippen molar-refractivity contribution in [3.05, 3.63) is 47.5 Å². The van der Waals surface area contributed by atoms with Crippen LogP contribution in [0.25, 0.3) is 0 Å². The second-order valence-electron chi connectivity index (χ2n) is 8.08. The monoisotopic (exact) mass is 367 g/mol. The van der Waals surface area contributed by atoms with E-state index in [1.807, 2.05) is 35.8 Å². The van der Waals surface area contributed by atoms with E-state index in [0.717, 1.165) is 43.5 Å². The molecule has 27 heavy (non-hydrogen) atoms. The van der Waals surface area contributed by atoms with Gasteiger partial charge in [-0.2, -0.15) is 5.10 Å². The fourth-order valence-electron chi connectivity index (χ4n) is 3.85. The largest absolute Gasteiger partial charge is 0.339 e. The molecule has 6 nitrogen and oxygen atoms in total. The Bertz CT molecular complexity index is 777. The number of nitrogens with zero attached hydrogens (tertiary/aromatic N) is 5. The van der Waals surface area contributed by atoms with E-state index in [0.29, 0.717) is 19.0 Å². The Kier molecular flexibility index (Phi) is 5.25. The van der Waals surface area contributed by atoms with E-state index in [1.165, 1.54) is 18.4 Å². The smallest absolute Gasteiger partial charge is 0.224 e. The molecule has 0 N–H and O–H groups in total. The van der Waals surface area contributed by atoms with Crippen molar-refractivity contribution in [1.29, 1.82) is 0 Å². The zero-order valence-corrected chi connectivity index (χ0v) is 16.3. The molecule has 1 saturated carbocycles. The molecule has 1 saturated heterocycles. The van der Waals surface area contributed by atoms with Crippen LogP contribution in [0, 0.1) is 19.8 Å². The van der Waals surface area contributed by atoms with Crippen molar-refractivity contribution in [3.63, 3.8) is 0 Å². The molecule has 1 aliphatic carbocycles. The van der Waals surface area contributed by atoms with Crippen molar-refractivity contribution >= 4 is 5.91 Å². The number of hydrogen-bond acceptors (Lipinski definition) is 4. The zero-order valence-electron chi connectivity index (χ0n) is 16.3. The highest BCUT2D eigenvalue weighted by Gasteiger charge is 2.36. The first-order valence-corrected chi connectivity index (χ1v) is 10.0. The van der Waals surface area contributed by atoms with Crippen LogP contribution in [0.1, 0.15) is 36.2 Å². The van der Waals surface area contributed by atoms with Crippen LogP contribution in [-0.2, 0) is 17.9 Å². The van der Waals surface area contributed by atoms with Gasteiger partial charge in [0.15, 0.2) is 0 Å². The second-order valence-corrected chi connectivity index (χ2v) is 8.08. The molecule has 0 bridgehead atoms. The average Bonchev–Trinajstić information content (AvgIpc) is 3.35. The molecule has 0 spiro atoms. The maximum Gasteiger partial charge on any atom is 0.224 e. The maximum atomic E-state index is 12.5. The summed E-state index contributed by atoms with van der Waals surface area (Å²) in [6.45, 7) is 8.52. The Morgan fingerprint density at radius 3 is 2.59 bits per heavy atom. The van der Waals surface area contributed by atoms with E-state index in [4.69, 9.17) is 0 Å². The van der Waals surface area contributed by atoms with Crippen molar-refractivity contribution < 1.29 is 4.79 Å². The summed E-state index contributed by atoms with van der Waals surface area (Å²) in [7, 11) is 0. The van der Waals surface area contributed by atoms with Crippen molar-refractivity contribution in [1.82, 2.24) is 24.6 Å². The SMILES string of the molecule is Cc1cc(C)n(CCC(=O)N2CC(N(Cc3ccncc3)CC3CC3)C2)n1. The molecule has 0 unspecified atom stereocenters. The molecule has 4 rings (SSSR count). The molecule has 2 aromatic rings. The number of carbonyl (C=O) groups excluding carboxylic acids is 1. The molecule has 3 heterocycles. The predicted octanol–water partition coefficient (Wildman–Crippen LogP) is 2.41. The van der Waals surface area contributed by atoms with Crippen molar-refractivity contribution in [3.8, 4) is 0 Å². The predicted molar refractivity (Wildman–Crippen MR) is 104 cm³/mol. The highest BCUT2D eigenvalue weighted by Crippen LogP contribution is 2.32. The molecule has 1 aliphatic heterocycles. The van der Waals surface area contributed by atoms with Crippen LogP contribution in [0.5, 0.6) is 0 Å². The molecule has 144 valence electrons. The van der Waals surface area contributed by atoms with Gasteiger partial charge in [-0.15, -0.1) is 0 Å². The lowest BCUT2D eigenvalue weighted by Gasteiger charge is -2.45. The summed E-state index contributed by atoms with van der Waals surface area (Å²) in [6, 6.07) is 6.72. The Hall–Kier alpha value is -2.21. The third-order valence-corrected chi connectivity index (χ3v) is 5.70. The minimum absolute atomic E-state index is 0.245. The Labute approximate surface area is 161 Å². The van der Waals surface area contributed by atoms with E-state index in [2.05, 4.69) is 33.2 Å². The number of carbonyl (C=O) groups is 1. The second kappa shape index (κ2) is 7.80. The van der Waals surface area contributed by atoms with Crippen LogP contribution >= 0.6 is 0 Å². The van der Waals surface area contributed by atoms with E-state index in [-0.39, 0.29) is 5.91 Å². The number of aromatic nitrogens is 3. The fraction of sp³-hybridized carbons (Fsp3) is 0.571. The highest BCUT2D eigenvalue weighted by molar-refractivity contribution is 5.77. The quantitative estimate of drug-likeness (QED) is 0.719. The molecule has 0 radical (unpaired) electrons. The van der Waals surface area contributed by atoms with Crippen molar-refractivity contribution in [2.75, 3.05) is 19.6 Å². The summed E-state index contributed by atoms with van der Waals surface area (Å²) in [5, 5.41) is 4.45. The maximum absolute atomic E-state index is 12.5. The molecule has 2 aromatic heterocycles. The average molecular weight is 367 g/mol. The van der Waals surface area contributed by atoms with Gasteiger partial charge in [-0.3, -0.25) is 19.4 Å². The number of aryl methyl sites for hydroxylation is 3. The zero-order chi connectivity index (χ0) is 18.8. The number of hydrogen-bond donors (Lipinski definition) is 0. The molecular formula is C21H29N5O. The summed E-state index contributed by atoms with van der Waals surface area (Å²) in [5.41, 5.74) is 3.44. The van der Waals surface area contributed by atoms with E-state index >= 15 is 0 Å². The lowest BCUT2D eigenvalue weighted by Crippen LogP contribution is -2.61. The lowest BCUT2D eigenvalue weighted by molar-refractivity contribution is -0.139. The van der Waals surface area contributed by atoms with Crippen LogP contribution in [0.4, 0.5) is 0 Å². The summed E-state index contributed by atoms with van der Waals surface area (Å²) >= 11 is 0. The van der Waals surface area contributed by atoms with E-state index in [1.54, 1.807) is 0 Å². The molecule has 0 atom stereocenters. The normalized spacial score (nSPS) is 17.4. The highest BCUT2D eigenvalue weighted by atomic mass is 16.2. The minimum atomic E-state index is 0.245. The van der Waals surface area contributed by atoms with Gasteiger partial charge in [0.05, 0.1) is 5.69 Å². The van der Waals surface area contributed by atoms with Gasteiger partial charge in [-0.05, 0) is 56.4 Å². The molecule has 0 aromatic carbocycles. The standard InChI is InChI=1S/C21H29N5O/c1-16-11-17(2)26(23-16)10-7-21(27)25-14-20(15-25)24(12-18-3-4-18)13-19-5-8-22-9-6-19/h5-6,8-9,11,18,20H,3-4,7,10,12-15H2,1-2H3. The van der Waals surface area contributed by atoms with Crippen LogP contribution in [0.15, 0.2) is 30.6 Å². The van der Waals surface area contributed by atoms with E-state index < -0.39 is 0 Å². The van der Waals surface area contributed by atoms with Gasteiger partial charge < -0.3 is 4.90 Å². The van der Waals surface area contributed by atoms with Gasteiger partial charge in [-0.25, -0.2) is 0 Å². The Morgan fingerprint density at radius 1 is 1.22 bits per heavy atom. The molecule has 2 aliphatic rings. The first-order valence-electron chi connectivity index (χ1n) is 10.0. The van der Waals surface area contributed by atoms with Gasteiger partial charge in [0.25, 0.3) is 0 Å². The Balaban J connectivity index is 1.28. The number of pyridine rings is 1. The van der Waals surface area contributed by atoms with Crippen molar-refractivity contribution in [2.24, 2.45) is 5.92 Å². The van der Waals surface area contributed by atoms with Crippen molar-refractivity contribution in [2.45, 2.75) is 52.2 Å². The minimum Gasteiger partial charge on any atom is -0.339 e. The summed E-state index contributed by atoms with van der Waals surface area (Å²) in [6.07, 6.45) is 6.96. The number of rotatable bonds is 8. The van der Waals surface area contributed by atoms with Crippen LogP contribution < -0.4 is 0 Å². The Morgan fingerprint density at radius 2 is 1.96 bits per heavy atom. The molecular weight excluding hydrogens is 338 g/mol. The van der Waals surface area contributed by atoms with Crippen LogP contribution in [-0.4, -0.2) is 56.1 Å². The first kappa shape index (κ1) is 18.2. The number of amides is 1.